The number of hydrogen-bond donors (Lipinski definition) is 3. The van der Waals surface area contributed by atoms with Crippen molar-refractivity contribution in [2.45, 2.75) is 51.7 Å². The van der Waals surface area contributed by atoms with Crippen LogP contribution < -0.4 is 15.4 Å². The highest BCUT2D eigenvalue weighted by molar-refractivity contribution is 5.97. The summed E-state index contributed by atoms with van der Waals surface area (Å²) in [4.78, 5) is 25.1. The maximum atomic E-state index is 12.9. The van der Waals surface area contributed by atoms with E-state index in [2.05, 4.69) is 15.7 Å². The van der Waals surface area contributed by atoms with Gasteiger partial charge in [-0.3, -0.25) is 15.5 Å². The lowest BCUT2D eigenvalue weighted by Gasteiger charge is -2.23. The fraction of sp³-hybridized carbons (Fsp3) is 0.333. The van der Waals surface area contributed by atoms with Crippen LogP contribution in [0.25, 0.3) is 5.69 Å². The Morgan fingerprint density at radius 2 is 1.81 bits per heavy atom. The number of ether oxygens (including phenoxy) is 2. The number of amidine groups is 1. The van der Waals surface area contributed by atoms with Crippen molar-refractivity contribution in [1.82, 2.24) is 20.4 Å². The second kappa shape index (κ2) is 10.2. The zero-order valence-corrected chi connectivity index (χ0v) is 20.9. The minimum Gasteiger partial charge on any atom is -0.482 e. The Morgan fingerprint density at radius 3 is 2.53 bits per heavy atom. The second-order valence-electron chi connectivity index (χ2n) is 9.66. The Kier molecular flexibility index (Phi) is 7.10. The topological polar surface area (TPSA) is 118 Å². The van der Waals surface area contributed by atoms with Crippen molar-refractivity contribution >= 4 is 17.8 Å². The molecule has 2 unspecified atom stereocenters. The zero-order valence-electron chi connectivity index (χ0n) is 20.9. The molecule has 3 aromatic rings. The molecule has 3 N–H and O–H groups in total. The largest absolute Gasteiger partial charge is 0.482 e. The summed E-state index contributed by atoms with van der Waals surface area (Å²) in [6.07, 6.45) is 0.673. The van der Waals surface area contributed by atoms with Gasteiger partial charge in [-0.15, -0.1) is 0 Å². The van der Waals surface area contributed by atoms with E-state index in [9.17, 15) is 9.59 Å². The summed E-state index contributed by atoms with van der Waals surface area (Å²) in [6.45, 7) is 7.49. The van der Waals surface area contributed by atoms with Gasteiger partial charge in [0.15, 0.2) is 6.10 Å². The molecule has 2 atom stereocenters. The Balaban J connectivity index is 1.41. The van der Waals surface area contributed by atoms with Crippen LogP contribution in [-0.2, 0) is 4.74 Å². The van der Waals surface area contributed by atoms with Crippen LogP contribution in [-0.4, -0.2) is 45.9 Å². The Hall–Kier alpha value is -4.14. The first-order valence-electron chi connectivity index (χ1n) is 11.9. The van der Waals surface area contributed by atoms with Crippen molar-refractivity contribution in [2.24, 2.45) is 0 Å². The minimum atomic E-state index is -0.704. The first-order valence-corrected chi connectivity index (χ1v) is 11.9. The van der Waals surface area contributed by atoms with Gasteiger partial charge in [0.2, 0.25) is 0 Å². The SMILES string of the molecule is Cc1c(C(=O)NCCC2c3ccccc3OC2C(=N)NC(=O)OC(C)(C)C)cnn1-c1ccccc1. The molecule has 36 heavy (non-hydrogen) atoms. The number of carbonyl (C=O) groups is 2. The van der Waals surface area contributed by atoms with Crippen molar-refractivity contribution in [3.8, 4) is 11.4 Å². The monoisotopic (exact) mass is 489 g/mol. The molecule has 4 rings (SSSR count). The molecule has 0 radical (unpaired) electrons. The summed E-state index contributed by atoms with van der Waals surface area (Å²) in [5, 5.41) is 18.3. The summed E-state index contributed by atoms with van der Waals surface area (Å²) in [6, 6.07) is 17.2. The fourth-order valence-electron chi connectivity index (χ4n) is 4.23. The van der Waals surface area contributed by atoms with Gasteiger partial charge in [0.05, 0.1) is 23.1 Å². The Labute approximate surface area is 210 Å². The standard InChI is InChI=1S/C27H31N5O4/c1-17-21(16-30-32(17)18-10-6-5-7-11-18)25(33)29-15-14-20-19-12-8-9-13-22(19)35-23(20)24(28)31-26(34)36-27(2,3)4/h5-13,16,20,23H,14-15H2,1-4H3,(H,29,33)(H2,28,31,34). The predicted molar refractivity (Wildman–Crippen MR) is 136 cm³/mol. The number of nitrogens with zero attached hydrogens (tertiary/aromatic N) is 2. The number of alkyl carbamates (subject to hydrolysis) is 1. The highest BCUT2D eigenvalue weighted by Crippen LogP contribution is 2.40. The lowest BCUT2D eigenvalue weighted by atomic mass is 9.91. The van der Waals surface area contributed by atoms with Crippen molar-refractivity contribution in [1.29, 1.82) is 5.41 Å². The molecule has 2 aromatic carbocycles. The highest BCUT2D eigenvalue weighted by Gasteiger charge is 2.38. The van der Waals surface area contributed by atoms with Gasteiger partial charge in [0.1, 0.15) is 17.2 Å². The van der Waals surface area contributed by atoms with Crippen LogP contribution in [0.5, 0.6) is 5.75 Å². The van der Waals surface area contributed by atoms with Crippen LogP contribution in [0.2, 0.25) is 0 Å². The molecule has 1 aliphatic rings. The third-order valence-corrected chi connectivity index (χ3v) is 5.85. The molecule has 0 saturated carbocycles. The van der Waals surface area contributed by atoms with Gasteiger partial charge in [0.25, 0.3) is 5.91 Å². The number of nitrogens with one attached hydrogen (secondary N) is 3. The smallest absolute Gasteiger partial charge is 0.413 e. The molecule has 188 valence electrons. The fourth-order valence-corrected chi connectivity index (χ4v) is 4.23. The molecule has 0 fully saturated rings. The van der Waals surface area contributed by atoms with Crippen molar-refractivity contribution in [3.63, 3.8) is 0 Å². The number of fused-ring (bicyclic) bond motifs is 1. The van der Waals surface area contributed by atoms with Crippen LogP contribution in [0.3, 0.4) is 0 Å². The number of rotatable bonds is 6. The lowest BCUT2D eigenvalue weighted by molar-refractivity contribution is 0.0556. The summed E-state index contributed by atoms with van der Waals surface area (Å²) < 4.78 is 13.0. The average Bonchev–Trinajstić information content (AvgIpc) is 3.39. The van der Waals surface area contributed by atoms with E-state index in [0.717, 1.165) is 16.9 Å². The molecule has 1 aliphatic heterocycles. The molecule has 0 saturated heterocycles. The number of hydrogen-bond acceptors (Lipinski definition) is 6. The van der Waals surface area contributed by atoms with Crippen LogP contribution in [0.4, 0.5) is 4.79 Å². The molecule has 2 amide bonds. The first-order chi connectivity index (χ1) is 17.1. The van der Waals surface area contributed by atoms with Crippen LogP contribution in [0.1, 0.15) is 54.7 Å². The number of benzene rings is 2. The van der Waals surface area contributed by atoms with Gasteiger partial charge in [-0.05, 0) is 52.3 Å². The maximum absolute atomic E-state index is 12.9. The average molecular weight is 490 g/mol. The summed E-state index contributed by atoms with van der Waals surface area (Å²) in [7, 11) is 0. The summed E-state index contributed by atoms with van der Waals surface area (Å²) in [5.74, 6) is 0.128. The van der Waals surface area contributed by atoms with Gasteiger partial charge in [-0.1, -0.05) is 36.4 Å². The van der Waals surface area contributed by atoms with Gasteiger partial charge in [0, 0.05) is 18.0 Å². The normalized spacial score (nSPS) is 16.6. The predicted octanol–water partition coefficient (Wildman–Crippen LogP) is 4.35. The Morgan fingerprint density at radius 1 is 1.11 bits per heavy atom. The van der Waals surface area contributed by atoms with Crippen LogP contribution in [0.15, 0.2) is 60.8 Å². The quantitative estimate of drug-likeness (QED) is 0.351. The van der Waals surface area contributed by atoms with Crippen molar-refractivity contribution < 1.29 is 19.1 Å². The maximum Gasteiger partial charge on any atom is 0.413 e. The van der Waals surface area contributed by atoms with Gasteiger partial charge in [-0.2, -0.15) is 5.10 Å². The molecule has 0 spiro atoms. The van der Waals surface area contributed by atoms with E-state index in [4.69, 9.17) is 14.9 Å². The van der Waals surface area contributed by atoms with E-state index < -0.39 is 17.8 Å². The summed E-state index contributed by atoms with van der Waals surface area (Å²) >= 11 is 0. The highest BCUT2D eigenvalue weighted by atomic mass is 16.6. The summed E-state index contributed by atoms with van der Waals surface area (Å²) in [5.41, 5.74) is 2.38. The van der Waals surface area contributed by atoms with Crippen molar-refractivity contribution in [2.75, 3.05) is 6.54 Å². The van der Waals surface area contributed by atoms with Crippen molar-refractivity contribution in [3.05, 3.63) is 77.6 Å². The van der Waals surface area contributed by atoms with E-state index in [-0.39, 0.29) is 17.7 Å². The van der Waals surface area contributed by atoms with Crippen LogP contribution >= 0.6 is 0 Å². The van der Waals surface area contributed by atoms with Gasteiger partial charge < -0.3 is 14.8 Å². The molecule has 9 heteroatoms. The molecular formula is C27H31N5O4. The minimum absolute atomic E-state index is 0.0863. The van der Waals surface area contributed by atoms with Gasteiger partial charge in [-0.25, -0.2) is 9.48 Å². The van der Waals surface area contributed by atoms with Gasteiger partial charge >= 0.3 is 6.09 Å². The zero-order chi connectivity index (χ0) is 25.9. The molecule has 2 heterocycles. The number of para-hydroxylation sites is 2. The van der Waals surface area contributed by atoms with E-state index >= 15 is 0 Å². The molecule has 9 nitrogen and oxygen atoms in total. The molecule has 0 bridgehead atoms. The first kappa shape index (κ1) is 25.0. The van der Waals surface area contributed by atoms with E-state index in [1.165, 1.54) is 0 Å². The molecular weight excluding hydrogens is 458 g/mol. The number of aromatic nitrogens is 2. The van der Waals surface area contributed by atoms with E-state index in [1.54, 1.807) is 31.6 Å². The second-order valence-corrected chi connectivity index (χ2v) is 9.66. The number of carbonyl (C=O) groups excluding carboxylic acids is 2. The van der Waals surface area contributed by atoms with E-state index in [0.29, 0.717) is 24.3 Å². The Bertz CT molecular complexity index is 1260. The third-order valence-electron chi connectivity index (χ3n) is 5.85. The van der Waals surface area contributed by atoms with Crippen LogP contribution in [0, 0.1) is 12.3 Å². The molecule has 1 aromatic heterocycles. The molecule has 0 aliphatic carbocycles. The van der Waals surface area contributed by atoms with E-state index in [1.807, 2.05) is 61.5 Å². The number of amides is 2. The lowest BCUT2D eigenvalue weighted by Crippen LogP contribution is -2.44. The third kappa shape index (κ3) is 5.56.